The van der Waals surface area contributed by atoms with Crippen LogP contribution in [-0.2, 0) is 4.79 Å². The number of hydrogen-bond acceptors (Lipinski definition) is 5. The van der Waals surface area contributed by atoms with Crippen LogP contribution in [0.4, 0.5) is 0 Å². The number of rotatable bonds is 8. The fourth-order valence-electron chi connectivity index (χ4n) is 5.33. The third-order valence-electron chi connectivity index (χ3n) is 7.30. The number of amides is 2. The number of carbonyl (C=O) groups is 2. The number of carbonyl (C=O) groups excluding carboxylic acids is 2. The van der Waals surface area contributed by atoms with Crippen LogP contribution in [0.1, 0.15) is 35.7 Å². The van der Waals surface area contributed by atoms with Crippen molar-refractivity contribution in [1.82, 2.24) is 19.6 Å². The number of primary amides is 1. The molecule has 2 heterocycles. The Morgan fingerprint density at radius 1 is 1.11 bits per heavy atom. The van der Waals surface area contributed by atoms with E-state index in [9.17, 15) is 9.59 Å². The van der Waals surface area contributed by atoms with Gasteiger partial charge in [-0.05, 0) is 75.2 Å². The van der Waals surface area contributed by atoms with Gasteiger partial charge in [-0.2, -0.15) is 5.10 Å². The summed E-state index contributed by atoms with van der Waals surface area (Å²) in [5.74, 6) is 1.04. The molecule has 1 aliphatic carbocycles. The molecule has 2 aliphatic rings. The van der Waals surface area contributed by atoms with E-state index in [0.717, 1.165) is 50.2 Å². The standard InChI is InChI=1S/C29H33N5O3/c1-32(2)15-6-9-26(35)33-16-14-29(20-33)17-22(18-29)34-19-25(28(30)36)27(31-34)21-10-12-24(13-11-21)37-23-7-4-3-5-8-23/h3-13,19,22H,14-18,20H2,1-2H3,(H2,30,36)/b9-6+. The van der Waals surface area contributed by atoms with Crippen LogP contribution in [0.15, 0.2) is 72.9 Å². The van der Waals surface area contributed by atoms with E-state index < -0.39 is 5.91 Å². The molecule has 1 saturated heterocycles. The van der Waals surface area contributed by atoms with Gasteiger partial charge < -0.3 is 20.3 Å². The first kappa shape index (κ1) is 24.8. The van der Waals surface area contributed by atoms with Gasteiger partial charge in [0.15, 0.2) is 0 Å². The molecule has 1 saturated carbocycles. The highest BCUT2D eigenvalue weighted by atomic mass is 16.5. The van der Waals surface area contributed by atoms with Crippen molar-refractivity contribution >= 4 is 11.8 Å². The van der Waals surface area contributed by atoms with Crippen molar-refractivity contribution in [2.75, 3.05) is 33.7 Å². The monoisotopic (exact) mass is 499 g/mol. The van der Waals surface area contributed by atoms with Crippen molar-refractivity contribution in [2.24, 2.45) is 11.1 Å². The summed E-state index contributed by atoms with van der Waals surface area (Å²) >= 11 is 0. The zero-order valence-corrected chi connectivity index (χ0v) is 21.3. The van der Waals surface area contributed by atoms with Gasteiger partial charge in [-0.3, -0.25) is 14.3 Å². The van der Waals surface area contributed by atoms with Gasteiger partial charge in [0.25, 0.3) is 5.91 Å². The van der Waals surface area contributed by atoms with Crippen LogP contribution < -0.4 is 10.5 Å². The molecule has 1 aromatic heterocycles. The Morgan fingerprint density at radius 2 is 1.81 bits per heavy atom. The van der Waals surface area contributed by atoms with Crippen LogP contribution in [0.2, 0.25) is 0 Å². The Labute approximate surface area is 217 Å². The molecular weight excluding hydrogens is 466 g/mol. The lowest BCUT2D eigenvalue weighted by molar-refractivity contribution is -0.125. The number of nitrogens with zero attached hydrogens (tertiary/aromatic N) is 4. The average molecular weight is 500 g/mol. The number of aromatic nitrogens is 2. The highest BCUT2D eigenvalue weighted by molar-refractivity contribution is 5.98. The number of benzene rings is 2. The summed E-state index contributed by atoms with van der Waals surface area (Å²) in [6, 6.07) is 17.3. The smallest absolute Gasteiger partial charge is 0.252 e. The Hall–Kier alpha value is -3.91. The predicted octanol–water partition coefficient (Wildman–Crippen LogP) is 4.11. The first-order valence-electron chi connectivity index (χ1n) is 12.6. The van der Waals surface area contributed by atoms with E-state index in [0.29, 0.717) is 17.0 Å². The zero-order chi connectivity index (χ0) is 26.0. The molecule has 2 aromatic carbocycles. The number of likely N-dealkylation sites (tertiary alicyclic amines) is 1. The molecule has 0 unspecified atom stereocenters. The van der Waals surface area contributed by atoms with Gasteiger partial charge in [0.05, 0.1) is 11.6 Å². The number of para-hydroxylation sites is 1. The molecule has 3 aromatic rings. The molecule has 0 radical (unpaired) electrons. The Morgan fingerprint density at radius 3 is 2.49 bits per heavy atom. The summed E-state index contributed by atoms with van der Waals surface area (Å²) < 4.78 is 7.76. The maximum Gasteiger partial charge on any atom is 0.252 e. The molecule has 1 aliphatic heterocycles. The summed E-state index contributed by atoms with van der Waals surface area (Å²) in [5.41, 5.74) is 7.64. The molecule has 2 fully saturated rings. The molecule has 0 bridgehead atoms. The quantitative estimate of drug-likeness (QED) is 0.471. The minimum Gasteiger partial charge on any atom is -0.457 e. The van der Waals surface area contributed by atoms with Gasteiger partial charge in [-0.15, -0.1) is 0 Å². The van der Waals surface area contributed by atoms with Crippen LogP contribution in [0.5, 0.6) is 11.5 Å². The summed E-state index contributed by atoms with van der Waals surface area (Å²) in [6.45, 7) is 2.31. The van der Waals surface area contributed by atoms with Gasteiger partial charge >= 0.3 is 0 Å². The largest absolute Gasteiger partial charge is 0.457 e. The minimum atomic E-state index is -0.498. The first-order chi connectivity index (χ1) is 17.8. The van der Waals surface area contributed by atoms with Crippen LogP contribution in [-0.4, -0.2) is 65.1 Å². The van der Waals surface area contributed by atoms with Crippen molar-refractivity contribution < 1.29 is 14.3 Å². The Balaban J connectivity index is 1.25. The molecule has 8 nitrogen and oxygen atoms in total. The molecular formula is C29H33N5O3. The van der Waals surface area contributed by atoms with Crippen LogP contribution in [0.3, 0.4) is 0 Å². The lowest BCUT2D eigenvalue weighted by atomic mass is 9.65. The molecule has 2 amide bonds. The number of nitrogens with two attached hydrogens (primary N) is 1. The normalized spacial score (nSPS) is 21.1. The van der Waals surface area contributed by atoms with Gasteiger partial charge in [-0.25, -0.2) is 0 Å². The highest BCUT2D eigenvalue weighted by Crippen LogP contribution is 2.54. The molecule has 2 N–H and O–H groups in total. The molecule has 5 rings (SSSR count). The maximum atomic E-state index is 12.6. The lowest BCUT2D eigenvalue weighted by Crippen LogP contribution is -2.41. The third-order valence-corrected chi connectivity index (χ3v) is 7.30. The topological polar surface area (TPSA) is 93.7 Å². The summed E-state index contributed by atoms with van der Waals surface area (Å²) in [4.78, 5) is 28.8. The maximum absolute atomic E-state index is 12.6. The molecule has 8 heteroatoms. The highest BCUT2D eigenvalue weighted by Gasteiger charge is 2.50. The van der Waals surface area contributed by atoms with Crippen molar-refractivity contribution in [3.8, 4) is 22.8 Å². The Bertz CT molecular complexity index is 1290. The van der Waals surface area contributed by atoms with E-state index in [1.165, 1.54) is 0 Å². The van der Waals surface area contributed by atoms with Crippen molar-refractivity contribution in [3.63, 3.8) is 0 Å². The van der Waals surface area contributed by atoms with Gasteiger partial charge in [0.2, 0.25) is 5.91 Å². The van der Waals surface area contributed by atoms with Crippen LogP contribution in [0.25, 0.3) is 11.3 Å². The SMILES string of the molecule is CN(C)C/C=C/C(=O)N1CCC2(CC(n3cc(C(N)=O)c(-c4ccc(Oc5ccccc5)cc4)n3)C2)C1. The van der Waals surface area contributed by atoms with E-state index >= 15 is 0 Å². The average Bonchev–Trinajstić information content (AvgIpc) is 3.50. The fourth-order valence-corrected chi connectivity index (χ4v) is 5.33. The second-order valence-corrected chi connectivity index (χ2v) is 10.4. The van der Waals surface area contributed by atoms with E-state index in [1.807, 2.05) is 89.3 Å². The molecule has 1 spiro atoms. The van der Waals surface area contributed by atoms with E-state index in [2.05, 4.69) is 0 Å². The van der Waals surface area contributed by atoms with Crippen LogP contribution in [0, 0.1) is 5.41 Å². The van der Waals surface area contributed by atoms with E-state index in [4.69, 9.17) is 15.6 Å². The summed E-state index contributed by atoms with van der Waals surface area (Å²) in [5, 5.41) is 4.78. The van der Waals surface area contributed by atoms with Crippen molar-refractivity contribution in [1.29, 1.82) is 0 Å². The lowest BCUT2D eigenvalue weighted by Gasteiger charge is -2.45. The first-order valence-corrected chi connectivity index (χ1v) is 12.6. The molecule has 37 heavy (non-hydrogen) atoms. The van der Waals surface area contributed by atoms with E-state index in [1.54, 1.807) is 12.3 Å². The summed E-state index contributed by atoms with van der Waals surface area (Å²) in [7, 11) is 3.96. The van der Waals surface area contributed by atoms with Gasteiger partial charge in [0, 0.05) is 37.5 Å². The predicted molar refractivity (Wildman–Crippen MR) is 142 cm³/mol. The van der Waals surface area contributed by atoms with Gasteiger partial charge in [0.1, 0.15) is 17.2 Å². The minimum absolute atomic E-state index is 0.0826. The fraction of sp³-hybridized carbons (Fsp3) is 0.345. The van der Waals surface area contributed by atoms with Crippen molar-refractivity contribution in [3.05, 3.63) is 78.5 Å². The third kappa shape index (κ3) is 5.44. The molecule has 0 atom stereocenters. The number of ether oxygens (including phenoxy) is 1. The second kappa shape index (κ2) is 10.2. The van der Waals surface area contributed by atoms with Gasteiger partial charge in [-0.1, -0.05) is 24.3 Å². The van der Waals surface area contributed by atoms with E-state index in [-0.39, 0.29) is 17.4 Å². The second-order valence-electron chi connectivity index (χ2n) is 10.4. The number of hydrogen-bond donors (Lipinski definition) is 1. The zero-order valence-electron chi connectivity index (χ0n) is 21.3. The Kier molecular flexibility index (Phi) is 6.84. The number of likely N-dealkylation sites (N-methyl/N-ethyl adjacent to an activating group) is 1. The molecule has 192 valence electrons. The summed E-state index contributed by atoms with van der Waals surface area (Å²) in [6.07, 6.45) is 8.22. The van der Waals surface area contributed by atoms with Crippen LogP contribution >= 0.6 is 0 Å². The van der Waals surface area contributed by atoms with Crippen molar-refractivity contribution in [2.45, 2.75) is 25.3 Å².